The number of halogens is 3. The molecule has 0 aliphatic heterocycles. The molecular formula is C11H7Cl3S. The lowest BCUT2D eigenvalue weighted by atomic mass is 10.1. The van der Waals surface area contributed by atoms with E-state index in [0.29, 0.717) is 15.1 Å². The molecule has 0 N–H and O–H groups in total. The molecule has 0 unspecified atom stereocenters. The molecule has 0 radical (unpaired) electrons. The molecule has 1 heterocycles. The molecule has 0 saturated carbocycles. The van der Waals surface area contributed by atoms with Gasteiger partial charge in [-0.25, -0.2) is 0 Å². The van der Waals surface area contributed by atoms with Gasteiger partial charge in [0.25, 0.3) is 0 Å². The maximum absolute atomic E-state index is 6.08. The van der Waals surface area contributed by atoms with Crippen LogP contribution in [0.4, 0.5) is 0 Å². The summed E-state index contributed by atoms with van der Waals surface area (Å²) in [5.41, 5.74) is 1.01. The van der Waals surface area contributed by atoms with Crippen molar-refractivity contribution in [2.45, 2.75) is 6.42 Å². The van der Waals surface area contributed by atoms with E-state index in [4.69, 9.17) is 34.8 Å². The fraction of sp³-hybridized carbons (Fsp3) is 0.0909. The highest BCUT2D eigenvalue weighted by Gasteiger charge is 2.07. The van der Waals surface area contributed by atoms with Crippen molar-refractivity contribution in [3.05, 3.63) is 55.2 Å². The molecule has 0 atom stereocenters. The topological polar surface area (TPSA) is 0 Å². The van der Waals surface area contributed by atoms with Gasteiger partial charge < -0.3 is 0 Å². The van der Waals surface area contributed by atoms with E-state index in [1.54, 1.807) is 17.4 Å². The second-order valence-corrected chi connectivity index (χ2v) is 5.37. The Morgan fingerprint density at radius 2 is 1.73 bits per heavy atom. The van der Waals surface area contributed by atoms with E-state index in [9.17, 15) is 0 Å². The van der Waals surface area contributed by atoms with Crippen LogP contribution < -0.4 is 0 Å². The quantitative estimate of drug-likeness (QED) is 0.654. The summed E-state index contributed by atoms with van der Waals surface area (Å²) >= 11 is 19.6. The third-order valence-corrected chi connectivity index (χ3v) is 3.98. The van der Waals surface area contributed by atoms with E-state index in [2.05, 4.69) is 6.07 Å². The highest BCUT2D eigenvalue weighted by atomic mass is 35.5. The SMILES string of the molecule is Clc1cc(Cl)c(Cc2cccs2)cc1Cl. The van der Waals surface area contributed by atoms with Crippen molar-refractivity contribution < 1.29 is 0 Å². The summed E-state index contributed by atoms with van der Waals surface area (Å²) in [5, 5.41) is 3.75. The standard InChI is InChI=1S/C11H7Cl3S/c12-9-6-11(14)10(13)5-7(9)4-8-2-1-3-15-8/h1-3,5-6H,4H2. The van der Waals surface area contributed by atoms with Crippen molar-refractivity contribution in [3.63, 3.8) is 0 Å². The van der Waals surface area contributed by atoms with Gasteiger partial charge in [-0.2, -0.15) is 0 Å². The van der Waals surface area contributed by atoms with E-state index in [1.807, 2.05) is 17.5 Å². The summed E-state index contributed by atoms with van der Waals surface area (Å²) in [6.45, 7) is 0. The summed E-state index contributed by atoms with van der Waals surface area (Å²) in [4.78, 5) is 1.26. The first kappa shape index (κ1) is 11.3. The Bertz CT molecular complexity index is 463. The molecule has 0 aliphatic rings. The fourth-order valence-corrected chi connectivity index (χ4v) is 2.66. The molecule has 0 amide bonds. The normalized spacial score (nSPS) is 10.6. The monoisotopic (exact) mass is 276 g/mol. The van der Waals surface area contributed by atoms with E-state index >= 15 is 0 Å². The third-order valence-electron chi connectivity index (χ3n) is 2.03. The number of hydrogen-bond acceptors (Lipinski definition) is 1. The molecule has 0 nitrogen and oxygen atoms in total. The highest BCUT2D eigenvalue weighted by Crippen LogP contribution is 2.30. The van der Waals surface area contributed by atoms with Crippen molar-refractivity contribution >= 4 is 46.1 Å². The minimum atomic E-state index is 0.497. The minimum Gasteiger partial charge on any atom is -0.149 e. The van der Waals surface area contributed by atoms with Crippen molar-refractivity contribution in [3.8, 4) is 0 Å². The van der Waals surface area contributed by atoms with Gasteiger partial charge in [-0.1, -0.05) is 40.9 Å². The molecule has 0 saturated heterocycles. The Morgan fingerprint density at radius 3 is 2.40 bits per heavy atom. The molecule has 0 bridgehead atoms. The molecule has 0 spiro atoms. The largest absolute Gasteiger partial charge is 0.149 e. The average Bonchev–Trinajstić information content (AvgIpc) is 2.67. The molecule has 78 valence electrons. The van der Waals surface area contributed by atoms with Crippen LogP contribution in [0.5, 0.6) is 0 Å². The summed E-state index contributed by atoms with van der Waals surface area (Å²) in [5.74, 6) is 0. The van der Waals surface area contributed by atoms with Crippen LogP contribution in [0.25, 0.3) is 0 Å². The predicted octanol–water partition coefficient (Wildman–Crippen LogP) is 5.30. The third kappa shape index (κ3) is 2.67. The number of hydrogen-bond donors (Lipinski definition) is 0. The number of thiophene rings is 1. The lowest BCUT2D eigenvalue weighted by Gasteiger charge is -2.04. The van der Waals surface area contributed by atoms with Crippen LogP contribution in [0.3, 0.4) is 0 Å². The van der Waals surface area contributed by atoms with Gasteiger partial charge in [-0.05, 0) is 29.1 Å². The Hall–Kier alpha value is -0.210. The highest BCUT2D eigenvalue weighted by molar-refractivity contribution is 7.09. The van der Waals surface area contributed by atoms with E-state index in [-0.39, 0.29) is 0 Å². The zero-order chi connectivity index (χ0) is 10.8. The van der Waals surface area contributed by atoms with Crippen molar-refractivity contribution in [1.29, 1.82) is 0 Å². The lowest BCUT2D eigenvalue weighted by Crippen LogP contribution is -1.87. The first-order chi connectivity index (χ1) is 7.16. The molecule has 1 aromatic carbocycles. The molecule has 15 heavy (non-hydrogen) atoms. The molecule has 2 rings (SSSR count). The molecule has 4 heteroatoms. The molecule has 2 aromatic rings. The smallest absolute Gasteiger partial charge is 0.0607 e. The summed E-state index contributed by atoms with van der Waals surface area (Å²) in [6.07, 6.45) is 0.799. The first-order valence-electron chi connectivity index (χ1n) is 4.32. The fourth-order valence-electron chi connectivity index (χ4n) is 1.30. The van der Waals surface area contributed by atoms with Crippen molar-refractivity contribution in [1.82, 2.24) is 0 Å². The maximum atomic E-state index is 6.08. The van der Waals surface area contributed by atoms with Gasteiger partial charge in [0.1, 0.15) is 0 Å². The second kappa shape index (κ2) is 4.75. The maximum Gasteiger partial charge on any atom is 0.0607 e. The zero-order valence-corrected chi connectivity index (χ0v) is 10.7. The van der Waals surface area contributed by atoms with E-state index in [1.165, 1.54) is 4.88 Å². The summed E-state index contributed by atoms with van der Waals surface area (Å²) in [7, 11) is 0. The zero-order valence-electron chi connectivity index (χ0n) is 7.64. The van der Waals surface area contributed by atoms with Gasteiger partial charge in [0.05, 0.1) is 10.0 Å². The van der Waals surface area contributed by atoms with Crippen molar-refractivity contribution in [2.75, 3.05) is 0 Å². The lowest BCUT2D eigenvalue weighted by molar-refractivity contribution is 1.24. The van der Waals surface area contributed by atoms with Gasteiger partial charge in [-0.3, -0.25) is 0 Å². The van der Waals surface area contributed by atoms with Gasteiger partial charge in [0.15, 0.2) is 0 Å². The summed E-state index contributed by atoms with van der Waals surface area (Å²) in [6, 6.07) is 7.61. The van der Waals surface area contributed by atoms with Crippen molar-refractivity contribution in [2.24, 2.45) is 0 Å². The van der Waals surface area contributed by atoms with Crippen LogP contribution in [0, 0.1) is 0 Å². The first-order valence-corrected chi connectivity index (χ1v) is 6.34. The van der Waals surface area contributed by atoms with Gasteiger partial charge >= 0.3 is 0 Å². The second-order valence-electron chi connectivity index (χ2n) is 3.11. The predicted molar refractivity (Wildman–Crippen MR) is 68.6 cm³/mol. The van der Waals surface area contributed by atoms with Crippen LogP contribution >= 0.6 is 46.1 Å². The Balaban J connectivity index is 2.33. The average molecular weight is 278 g/mol. The Labute approximate surface area is 107 Å². The minimum absolute atomic E-state index is 0.497. The molecule has 0 fully saturated rings. The van der Waals surface area contributed by atoms with Crippen LogP contribution in [0.1, 0.15) is 10.4 Å². The van der Waals surface area contributed by atoms with Gasteiger partial charge in [-0.15, -0.1) is 11.3 Å². The van der Waals surface area contributed by atoms with Crippen LogP contribution in [-0.4, -0.2) is 0 Å². The van der Waals surface area contributed by atoms with Crippen LogP contribution in [-0.2, 0) is 6.42 Å². The number of rotatable bonds is 2. The van der Waals surface area contributed by atoms with Crippen LogP contribution in [0.2, 0.25) is 15.1 Å². The molecule has 1 aromatic heterocycles. The molecular weight excluding hydrogens is 271 g/mol. The Kier molecular flexibility index (Phi) is 3.57. The van der Waals surface area contributed by atoms with E-state index in [0.717, 1.165) is 12.0 Å². The summed E-state index contributed by atoms with van der Waals surface area (Å²) < 4.78 is 0. The van der Waals surface area contributed by atoms with E-state index < -0.39 is 0 Å². The van der Waals surface area contributed by atoms with Crippen LogP contribution in [0.15, 0.2) is 29.6 Å². The molecule has 0 aliphatic carbocycles. The number of benzene rings is 1. The van der Waals surface area contributed by atoms with Gasteiger partial charge in [0.2, 0.25) is 0 Å². The van der Waals surface area contributed by atoms with Gasteiger partial charge in [0, 0.05) is 16.3 Å². The Morgan fingerprint density at radius 1 is 1.00 bits per heavy atom.